The van der Waals surface area contributed by atoms with Gasteiger partial charge in [0.25, 0.3) is 0 Å². The van der Waals surface area contributed by atoms with Crippen molar-refractivity contribution in [1.29, 1.82) is 0 Å². The van der Waals surface area contributed by atoms with Gasteiger partial charge in [-0.3, -0.25) is 4.79 Å². The van der Waals surface area contributed by atoms with Gasteiger partial charge in [-0.25, -0.2) is 9.07 Å². The zero-order valence-electron chi connectivity index (χ0n) is 7.39. The maximum atomic E-state index is 13.2. The minimum atomic E-state index is -0.323. The molecule has 0 bridgehead atoms. The van der Waals surface area contributed by atoms with Crippen LogP contribution in [0.2, 0.25) is 0 Å². The van der Waals surface area contributed by atoms with Crippen LogP contribution in [-0.4, -0.2) is 21.3 Å². The molecule has 0 fully saturated rings. The van der Waals surface area contributed by atoms with Crippen LogP contribution < -0.4 is 0 Å². The topological polar surface area (TPSA) is 47.8 Å². The summed E-state index contributed by atoms with van der Waals surface area (Å²) in [6, 6.07) is 4.64. The molecule has 0 amide bonds. The van der Waals surface area contributed by atoms with Crippen molar-refractivity contribution < 1.29 is 9.18 Å². The van der Waals surface area contributed by atoms with Gasteiger partial charge in [0.15, 0.2) is 6.29 Å². The molecule has 0 radical (unpaired) electrons. The Labute approximate surface area is 98.2 Å². The Morgan fingerprint density at radius 3 is 2.93 bits per heavy atom. The lowest BCUT2D eigenvalue weighted by Crippen LogP contribution is -1.99. The van der Waals surface area contributed by atoms with Crippen LogP contribution in [0.4, 0.5) is 4.39 Å². The van der Waals surface area contributed by atoms with Crippen LogP contribution in [0, 0.1) is 9.39 Å². The lowest BCUT2D eigenvalue weighted by Gasteiger charge is -2.03. The molecule has 0 N–H and O–H groups in total. The number of carbonyl (C=O) groups is 1. The zero-order valence-corrected chi connectivity index (χ0v) is 9.55. The Hall–Kier alpha value is -1.31. The highest BCUT2D eigenvalue weighted by Gasteiger charge is 2.08. The molecular weight excluding hydrogens is 312 g/mol. The Bertz CT molecular complexity index is 512. The number of halogens is 2. The number of hydrogen-bond donors (Lipinski definition) is 0. The van der Waals surface area contributed by atoms with Gasteiger partial charge in [0, 0.05) is 0 Å². The van der Waals surface area contributed by atoms with E-state index >= 15 is 0 Å². The normalized spacial score (nSPS) is 10.3. The third kappa shape index (κ3) is 1.89. The van der Waals surface area contributed by atoms with Crippen LogP contribution in [0.1, 0.15) is 10.5 Å². The summed E-state index contributed by atoms with van der Waals surface area (Å²) in [6.07, 6.45) is 2.04. The van der Waals surface area contributed by atoms with Crippen molar-refractivity contribution in [2.45, 2.75) is 0 Å². The predicted molar refractivity (Wildman–Crippen MR) is 59.4 cm³/mol. The van der Waals surface area contributed by atoms with Crippen molar-refractivity contribution in [3.05, 3.63) is 39.5 Å². The first kappa shape index (κ1) is 10.2. The molecule has 1 heterocycles. The number of hydrogen-bond acceptors (Lipinski definition) is 3. The minimum absolute atomic E-state index is 0.218. The number of rotatable bonds is 2. The second-order valence-corrected chi connectivity index (χ2v) is 3.86. The monoisotopic (exact) mass is 317 g/mol. The van der Waals surface area contributed by atoms with Gasteiger partial charge in [0.2, 0.25) is 0 Å². The summed E-state index contributed by atoms with van der Waals surface area (Å²) in [5.41, 5.74) is 0.784. The summed E-state index contributed by atoms with van der Waals surface area (Å²) in [7, 11) is 0. The molecule has 1 aromatic heterocycles. The van der Waals surface area contributed by atoms with E-state index in [2.05, 4.69) is 10.3 Å². The second kappa shape index (κ2) is 4.05. The fourth-order valence-electron chi connectivity index (χ4n) is 1.12. The van der Waals surface area contributed by atoms with E-state index in [0.29, 0.717) is 15.5 Å². The van der Waals surface area contributed by atoms with Crippen LogP contribution in [-0.2, 0) is 0 Å². The van der Waals surface area contributed by atoms with Crippen molar-refractivity contribution in [3.63, 3.8) is 0 Å². The fourth-order valence-corrected chi connectivity index (χ4v) is 1.72. The summed E-state index contributed by atoms with van der Waals surface area (Å²) in [6.45, 7) is 0. The number of aromatic nitrogens is 3. The van der Waals surface area contributed by atoms with E-state index in [9.17, 15) is 9.18 Å². The summed E-state index contributed by atoms with van der Waals surface area (Å²) in [4.78, 5) is 10.4. The van der Waals surface area contributed by atoms with E-state index in [1.54, 1.807) is 12.1 Å². The molecule has 0 aliphatic carbocycles. The Morgan fingerprint density at radius 2 is 2.27 bits per heavy atom. The van der Waals surface area contributed by atoms with Gasteiger partial charge in [-0.1, -0.05) is 11.3 Å². The molecule has 2 rings (SSSR count). The zero-order chi connectivity index (χ0) is 10.8. The highest BCUT2D eigenvalue weighted by Crippen LogP contribution is 2.19. The van der Waals surface area contributed by atoms with Crippen LogP contribution in [0.3, 0.4) is 0 Å². The number of benzene rings is 1. The SMILES string of the molecule is O=Cc1cn(-c2cccc(F)c2I)nn1. The fraction of sp³-hybridized carbons (Fsp3) is 0. The highest BCUT2D eigenvalue weighted by atomic mass is 127. The van der Waals surface area contributed by atoms with E-state index in [-0.39, 0.29) is 11.5 Å². The first-order valence-electron chi connectivity index (χ1n) is 4.04. The average Bonchev–Trinajstić information content (AvgIpc) is 2.70. The molecule has 15 heavy (non-hydrogen) atoms. The molecule has 0 saturated heterocycles. The van der Waals surface area contributed by atoms with Gasteiger partial charge in [-0.05, 0) is 34.7 Å². The molecular formula is C9H5FIN3O. The number of nitrogens with zero attached hydrogens (tertiary/aromatic N) is 3. The van der Waals surface area contributed by atoms with Crippen LogP contribution in [0.5, 0.6) is 0 Å². The predicted octanol–water partition coefficient (Wildman–Crippen LogP) is 1.82. The van der Waals surface area contributed by atoms with Gasteiger partial charge < -0.3 is 0 Å². The summed E-state index contributed by atoms with van der Waals surface area (Å²) in [5.74, 6) is -0.323. The largest absolute Gasteiger partial charge is 0.296 e. The van der Waals surface area contributed by atoms with Gasteiger partial charge in [0.05, 0.1) is 15.5 Å². The van der Waals surface area contributed by atoms with Crippen LogP contribution in [0.15, 0.2) is 24.4 Å². The minimum Gasteiger partial charge on any atom is -0.296 e. The quantitative estimate of drug-likeness (QED) is 0.627. The third-order valence-corrected chi connectivity index (χ3v) is 2.88. The molecule has 2 aromatic rings. The number of carbonyl (C=O) groups excluding carboxylic acids is 1. The van der Waals surface area contributed by atoms with Gasteiger partial charge in [-0.15, -0.1) is 5.10 Å². The Kier molecular flexibility index (Phi) is 2.76. The summed E-state index contributed by atoms with van der Waals surface area (Å²) >= 11 is 1.88. The van der Waals surface area contributed by atoms with Gasteiger partial charge >= 0.3 is 0 Å². The number of aldehydes is 1. The summed E-state index contributed by atoms with van der Waals surface area (Å²) < 4.78 is 15.0. The standard InChI is InChI=1S/C9H5FIN3O/c10-7-2-1-3-8(9(7)11)14-4-6(5-15)12-13-14/h1-5H. The molecule has 0 aliphatic heterocycles. The molecule has 6 heteroatoms. The highest BCUT2D eigenvalue weighted by molar-refractivity contribution is 14.1. The van der Waals surface area contributed by atoms with E-state index in [4.69, 9.17) is 0 Å². The van der Waals surface area contributed by atoms with E-state index < -0.39 is 0 Å². The third-order valence-electron chi connectivity index (χ3n) is 1.81. The molecule has 0 atom stereocenters. The van der Waals surface area contributed by atoms with E-state index in [0.717, 1.165) is 0 Å². The molecule has 4 nitrogen and oxygen atoms in total. The van der Waals surface area contributed by atoms with Gasteiger partial charge in [-0.2, -0.15) is 0 Å². The Balaban J connectivity index is 2.53. The first-order chi connectivity index (χ1) is 7.22. The van der Waals surface area contributed by atoms with Crippen molar-refractivity contribution in [2.24, 2.45) is 0 Å². The molecule has 0 spiro atoms. The molecule has 0 aliphatic rings. The van der Waals surface area contributed by atoms with E-state index in [1.807, 2.05) is 22.6 Å². The smallest absolute Gasteiger partial charge is 0.171 e. The van der Waals surface area contributed by atoms with Crippen molar-refractivity contribution >= 4 is 28.9 Å². The maximum absolute atomic E-state index is 13.2. The van der Waals surface area contributed by atoms with Crippen molar-refractivity contribution in [3.8, 4) is 5.69 Å². The van der Waals surface area contributed by atoms with Crippen LogP contribution in [0.25, 0.3) is 5.69 Å². The average molecular weight is 317 g/mol. The molecule has 1 aromatic carbocycles. The lowest BCUT2D eigenvalue weighted by atomic mass is 10.3. The maximum Gasteiger partial charge on any atom is 0.171 e. The Morgan fingerprint density at radius 1 is 1.47 bits per heavy atom. The van der Waals surface area contributed by atoms with Crippen LogP contribution >= 0.6 is 22.6 Å². The van der Waals surface area contributed by atoms with Gasteiger partial charge in [0.1, 0.15) is 11.5 Å². The van der Waals surface area contributed by atoms with Crippen molar-refractivity contribution in [2.75, 3.05) is 0 Å². The van der Waals surface area contributed by atoms with Crippen molar-refractivity contribution in [1.82, 2.24) is 15.0 Å². The van der Waals surface area contributed by atoms with E-state index in [1.165, 1.54) is 16.9 Å². The molecule has 76 valence electrons. The lowest BCUT2D eigenvalue weighted by molar-refractivity contribution is 0.111. The molecule has 0 unspecified atom stereocenters. The first-order valence-corrected chi connectivity index (χ1v) is 5.12. The second-order valence-electron chi connectivity index (χ2n) is 2.78. The molecule has 0 saturated carbocycles. The summed E-state index contributed by atoms with van der Waals surface area (Å²) in [5, 5.41) is 7.32.